The Bertz CT molecular complexity index is 1010. The number of nitrogens with zero attached hydrogens (tertiary/aromatic N) is 1. The molecule has 0 saturated heterocycles. The molecule has 0 fully saturated rings. The summed E-state index contributed by atoms with van der Waals surface area (Å²) in [5, 5.41) is 3.64. The maximum atomic E-state index is 12.9. The van der Waals surface area contributed by atoms with Crippen molar-refractivity contribution in [2.45, 2.75) is 4.90 Å². The lowest BCUT2D eigenvalue weighted by molar-refractivity contribution is 0.395. The van der Waals surface area contributed by atoms with E-state index in [9.17, 15) is 8.42 Å². The van der Waals surface area contributed by atoms with Crippen LogP contribution in [-0.4, -0.2) is 34.9 Å². The van der Waals surface area contributed by atoms with Crippen LogP contribution in [0.2, 0.25) is 0 Å². The van der Waals surface area contributed by atoms with Gasteiger partial charge < -0.3 is 18.7 Å². The average Bonchev–Trinajstić information content (AvgIpc) is 3.21. The molecule has 0 radical (unpaired) electrons. The lowest BCUT2D eigenvalue weighted by atomic mass is 10.1. The minimum Gasteiger partial charge on any atom is -0.497 e. The Balaban J connectivity index is 1.97. The van der Waals surface area contributed by atoms with Crippen LogP contribution in [0, 0.1) is 0 Å². The summed E-state index contributed by atoms with van der Waals surface area (Å²) in [6.45, 7) is 0. The maximum Gasteiger partial charge on any atom is 0.265 e. The quantitative estimate of drug-likeness (QED) is 0.661. The summed E-state index contributed by atoms with van der Waals surface area (Å²) in [7, 11) is 0.441. The Morgan fingerprint density at radius 2 is 1.63 bits per heavy atom. The number of methoxy groups -OCH3 is 3. The molecule has 0 aliphatic heterocycles. The predicted molar refractivity (Wildman–Crippen MR) is 98.8 cm³/mol. The molecule has 0 saturated carbocycles. The van der Waals surface area contributed by atoms with Crippen molar-refractivity contribution in [1.82, 2.24) is 5.16 Å². The molecule has 27 heavy (non-hydrogen) atoms. The SMILES string of the molecule is COc1cc(NS(=O)(=O)c2ccc(-c3ccno3)cc2OC)cc(OC)c1. The molecule has 0 unspecified atom stereocenters. The van der Waals surface area contributed by atoms with Crippen LogP contribution in [-0.2, 0) is 10.0 Å². The number of aromatic nitrogens is 1. The number of anilines is 1. The van der Waals surface area contributed by atoms with Crippen molar-refractivity contribution in [2.24, 2.45) is 0 Å². The predicted octanol–water partition coefficient (Wildman–Crippen LogP) is 3.17. The molecular formula is C18H18N2O6S. The van der Waals surface area contributed by atoms with Gasteiger partial charge in [0.1, 0.15) is 22.1 Å². The van der Waals surface area contributed by atoms with Crippen LogP contribution >= 0.6 is 0 Å². The fourth-order valence-electron chi connectivity index (χ4n) is 2.48. The first-order valence-electron chi connectivity index (χ1n) is 7.82. The first kappa shape index (κ1) is 18.6. The Morgan fingerprint density at radius 3 is 2.19 bits per heavy atom. The van der Waals surface area contributed by atoms with Gasteiger partial charge in [0.2, 0.25) is 0 Å². The van der Waals surface area contributed by atoms with E-state index in [4.69, 9.17) is 18.7 Å². The summed E-state index contributed by atoms with van der Waals surface area (Å²) in [6.07, 6.45) is 1.50. The smallest absolute Gasteiger partial charge is 0.265 e. The van der Waals surface area contributed by atoms with Crippen LogP contribution in [0.4, 0.5) is 5.69 Å². The van der Waals surface area contributed by atoms with E-state index in [0.717, 1.165) is 0 Å². The lowest BCUT2D eigenvalue weighted by Crippen LogP contribution is -2.14. The number of rotatable bonds is 7. The normalized spacial score (nSPS) is 11.1. The summed E-state index contributed by atoms with van der Waals surface area (Å²) in [4.78, 5) is -0.0185. The van der Waals surface area contributed by atoms with E-state index in [1.165, 1.54) is 33.6 Å². The van der Waals surface area contributed by atoms with Crippen LogP contribution < -0.4 is 18.9 Å². The number of ether oxygens (including phenoxy) is 3. The Labute approximate surface area is 156 Å². The molecule has 0 aliphatic carbocycles. The first-order valence-corrected chi connectivity index (χ1v) is 9.30. The minimum atomic E-state index is -3.92. The van der Waals surface area contributed by atoms with Gasteiger partial charge in [-0.05, 0) is 18.2 Å². The van der Waals surface area contributed by atoms with Crippen LogP contribution in [0.25, 0.3) is 11.3 Å². The van der Waals surface area contributed by atoms with Crippen molar-refractivity contribution >= 4 is 15.7 Å². The molecular weight excluding hydrogens is 372 g/mol. The van der Waals surface area contributed by atoms with E-state index in [0.29, 0.717) is 28.5 Å². The van der Waals surface area contributed by atoms with E-state index < -0.39 is 10.0 Å². The maximum absolute atomic E-state index is 12.9. The second kappa shape index (κ2) is 7.58. The van der Waals surface area contributed by atoms with Gasteiger partial charge in [0.05, 0.1) is 33.2 Å². The molecule has 0 atom stereocenters. The van der Waals surface area contributed by atoms with E-state index in [1.807, 2.05) is 0 Å². The van der Waals surface area contributed by atoms with Crippen molar-refractivity contribution in [3.05, 3.63) is 48.7 Å². The van der Waals surface area contributed by atoms with Gasteiger partial charge in [-0.3, -0.25) is 4.72 Å². The minimum absolute atomic E-state index is 0.0185. The monoisotopic (exact) mass is 390 g/mol. The molecule has 3 rings (SSSR count). The summed E-state index contributed by atoms with van der Waals surface area (Å²) in [5.74, 6) is 1.59. The summed E-state index contributed by atoms with van der Waals surface area (Å²) < 4.78 is 48.9. The number of nitrogens with one attached hydrogen (secondary N) is 1. The lowest BCUT2D eigenvalue weighted by Gasteiger charge is -2.14. The van der Waals surface area contributed by atoms with Crippen molar-refractivity contribution < 1.29 is 27.2 Å². The van der Waals surface area contributed by atoms with E-state index in [1.54, 1.807) is 36.4 Å². The zero-order chi connectivity index (χ0) is 19.4. The van der Waals surface area contributed by atoms with Crippen LogP contribution in [0.15, 0.2) is 58.1 Å². The largest absolute Gasteiger partial charge is 0.497 e. The Morgan fingerprint density at radius 1 is 0.926 bits per heavy atom. The molecule has 0 spiro atoms. The highest BCUT2D eigenvalue weighted by atomic mass is 32.2. The van der Waals surface area contributed by atoms with Gasteiger partial charge in [-0.15, -0.1) is 0 Å². The van der Waals surface area contributed by atoms with E-state index in [2.05, 4.69) is 9.88 Å². The average molecular weight is 390 g/mol. The number of hydrogen-bond donors (Lipinski definition) is 1. The second-order valence-corrected chi connectivity index (χ2v) is 7.10. The van der Waals surface area contributed by atoms with E-state index >= 15 is 0 Å². The summed E-state index contributed by atoms with van der Waals surface area (Å²) in [5.41, 5.74) is 0.943. The van der Waals surface area contributed by atoms with Gasteiger partial charge in [-0.2, -0.15) is 0 Å². The molecule has 0 amide bonds. The molecule has 9 heteroatoms. The summed E-state index contributed by atoms with van der Waals surface area (Å²) >= 11 is 0. The highest BCUT2D eigenvalue weighted by molar-refractivity contribution is 7.92. The highest BCUT2D eigenvalue weighted by Crippen LogP contribution is 2.32. The van der Waals surface area contributed by atoms with Crippen LogP contribution in [0.1, 0.15) is 0 Å². The fraction of sp³-hybridized carbons (Fsp3) is 0.167. The molecule has 1 heterocycles. The third-order valence-electron chi connectivity index (χ3n) is 3.78. The number of sulfonamides is 1. The Hall–Kier alpha value is -3.20. The molecule has 142 valence electrons. The highest BCUT2D eigenvalue weighted by Gasteiger charge is 2.21. The third-order valence-corrected chi connectivity index (χ3v) is 5.20. The number of hydrogen-bond acceptors (Lipinski definition) is 7. The summed E-state index contributed by atoms with van der Waals surface area (Å²) in [6, 6.07) is 11.0. The van der Waals surface area contributed by atoms with Crippen molar-refractivity contribution in [1.29, 1.82) is 0 Å². The molecule has 0 bridgehead atoms. The number of benzene rings is 2. The van der Waals surface area contributed by atoms with Gasteiger partial charge >= 0.3 is 0 Å². The van der Waals surface area contributed by atoms with Crippen LogP contribution in [0.5, 0.6) is 17.2 Å². The van der Waals surface area contributed by atoms with Gasteiger partial charge in [0.25, 0.3) is 10.0 Å². The second-order valence-electron chi connectivity index (χ2n) is 5.45. The van der Waals surface area contributed by atoms with Crippen molar-refractivity contribution in [3.8, 4) is 28.6 Å². The molecule has 1 N–H and O–H groups in total. The van der Waals surface area contributed by atoms with Gasteiger partial charge in [-0.25, -0.2) is 8.42 Å². The molecule has 3 aromatic rings. The van der Waals surface area contributed by atoms with Gasteiger partial charge in [0, 0.05) is 29.8 Å². The zero-order valence-corrected chi connectivity index (χ0v) is 15.7. The third kappa shape index (κ3) is 3.98. The topological polar surface area (TPSA) is 99.9 Å². The van der Waals surface area contributed by atoms with Gasteiger partial charge in [-0.1, -0.05) is 5.16 Å². The first-order chi connectivity index (χ1) is 13.0. The zero-order valence-electron chi connectivity index (χ0n) is 14.9. The fourth-order valence-corrected chi connectivity index (χ4v) is 3.68. The molecule has 8 nitrogen and oxygen atoms in total. The molecule has 0 aliphatic rings. The molecule has 2 aromatic carbocycles. The molecule has 1 aromatic heterocycles. The van der Waals surface area contributed by atoms with Gasteiger partial charge in [0.15, 0.2) is 5.76 Å². The standard InChI is InChI=1S/C18H18N2O6S/c1-23-14-9-13(10-15(11-14)24-2)20-27(21,22)18-5-4-12(8-17(18)25-3)16-6-7-19-26-16/h4-11,20H,1-3H3. The van der Waals surface area contributed by atoms with Crippen LogP contribution in [0.3, 0.4) is 0 Å². The Kier molecular flexibility index (Phi) is 5.22. The van der Waals surface area contributed by atoms with Crippen molar-refractivity contribution in [2.75, 3.05) is 26.1 Å². The van der Waals surface area contributed by atoms with Crippen molar-refractivity contribution in [3.63, 3.8) is 0 Å². The van der Waals surface area contributed by atoms with E-state index in [-0.39, 0.29) is 10.6 Å².